The average molecular weight is 477 g/mol. The number of aryl methyl sites for hydroxylation is 2. The van der Waals surface area contributed by atoms with Gasteiger partial charge in [0, 0.05) is 30.8 Å². The molecule has 6 nitrogen and oxygen atoms in total. The van der Waals surface area contributed by atoms with Gasteiger partial charge in [-0.15, -0.1) is 0 Å². The van der Waals surface area contributed by atoms with Crippen LogP contribution in [0.1, 0.15) is 68.0 Å². The molecule has 0 radical (unpaired) electrons. The number of rotatable bonds is 12. The first-order valence-electron chi connectivity index (χ1n) is 12.8. The zero-order valence-corrected chi connectivity index (χ0v) is 21.0. The highest BCUT2D eigenvalue weighted by Crippen LogP contribution is 2.37. The van der Waals surface area contributed by atoms with Crippen LogP contribution in [-0.2, 0) is 17.6 Å². The van der Waals surface area contributed by atoms with Gasteiger partial charge in [-0.25, -0.2) is 4.98 Å². The van der Waals surface area contributed by atoms with E-state index in [1.807, 2.05) is 25.1 Å². The van der Waals surface area contributed by atoms with Crippen LogP contribution in [0.2, 0.25) is 0 Å². The molecule has 0 saturated heterocycles. The van der Waals surface area contributed by atoms with Crippen LogP contribution in [0.4, 0.5) is 5.69 Å². The molecule has 1 atom stereocenters. The fourth-order valence-electron chi connectivity index (χ4n) is 4.99. The normalized spacial score (nSPS) is 14.7. The van der Waals surface area contributed by atoms with Gasteiger partial charge in [0.25, 0.3) is 0 Å². The molecule has 0 fully saturated rings. The van der Waals surface area contributed by atoms with Crippen LogP contribution >= 0.6 is 0 Å². The van der Waals surface area contributed by atoms with Crippen molar-refractivity contribution in [1.29, 1.82) is 0 Å². The quantitative estimate of drug-likeness (QED) is 0.326. The predicted octanol–water partition coefficient (Wildman–Crippen LogP) is 6.40. The smallest absolute Gasteiger partial charge is 0.303 e. The lowest BCUT2D eigenvalue weighted by molar-refractivity contribution is -0.137. The fraction of sp³-hybridized carbons (Fsp3) is 0.448. The lowest BCUT2D eigenvalue weighted by Gasteiger charge is -2.24. The van der Waals surface area contributed by atoms with E-state index in [1.54, 1.807) is 0 Å². The zero-order chi connectivity index (χ0) is 24.8. The van der Waals surface area contributed by atoms with E-state index in [0.717, 1.165) is 67.1 Å². The molecule has 4 rings (SSSR count). The number of benzene rings is 2. The van der Waals surface area contributed by atoms with E-state index in [1.165, 1.54) is 11.3 Å². The van der Waals surface area contributed by atoms with E-state index in [2.05, 4.69) is 43.0 Å². The minimum Gasteiger partial charge on any atom is -0.493 e. The number of carboxylic acids is 1. The Bertz CT molecular complexity index is 1150. The molecule has 0 saturated carbocycles. The predicted molar refractivity (Wildman–Crippen MR) is 138 cm³/mol. The van der Waals surface area contributed by atoms with E-state index in [9.17, 15) is 4.79 Å². The van der Waals surface area contributed by atoms with Crippen molar-refractivity contribution in [3.05, 3.63) is 65.0 Å². The maximum Gasteiger partial charge on any atom is 0.303 e. The molecule has 2 aromatic carbocycles. The molecule has 35 heavy (non-hydrogen) atoms. The lowest BCUT2D eigenvalue weighted by atomic mass is 9.98. The average Bonchev–Trinajstić information content (AvgIpc) is 3.41. The van der Waals surface area contributed by atoms with Crippen molar-refractivity contribution in [1.82, 2.24) is 4.98 Å². The van der Waals surface area contributed by atoms with Gasteiger partial charge in [0.1, 0.15) is 11.5 Å². The Morgan fingerprint density at radius 3 is 2.71 bits per heavy atom. The molecule has 1 aliphatic rings. The number of hydrogen-bond donors (Lipinski definition) is 1. The Morgan fingerprint density at radius 2 is 1.97 bits per heavy atom. The summed E-state index contributed by atoms with van der Waals surface area (Å²) in [4.78, 5) is 18.3. The number of nitrogens with zero attached hydrogens (tertiary/aromatic N) is 2. The Balaban J connectivity index is 1.39. The topological polar surface area (TPSA) is 75.8 Å². The van der Waals surface area contributed by atoms with Crippen LogP contribution in [0.3, 0.4) is 0 Å². The van der Waals surface area contributed by atoms with Crippen molar-refractivity contribution >= 4 is 11.7 Å². The second-order valence-corrected chi connectivity index (χ2v) is 9.35. The molecular weight excluding hydrogens is 440 g/mol. The first kappa shape index (κ1) is 24.8. The highest BCUT2D eigenvalue weighted by Gasteiger charge is 2.25. The standard InChI is InChI=1S/C29H36N2O4/c1-4-14-31(15-5-2)24-8-6-7-23(17-24)29-30-27(20(3)35-29)13-16-34-25-11-12-26-21(18-25)9-10-22(26)19-28(32)33/h6-8,11-12,17-18,22H,4-5,9-10,13-16,19H2,1-3H3,(H,32,33)/t22-/m0/s1. The minimum absolute atomic E-state index is 0.113. The maximum atomic E-state index is 11.1. The summed E-state index contributed by atoms with van der Waals surface area (Å²) in [7, 11) is 0. The van der Waals surface area contributed by atoms with E-state index in [-0.39, 0.29) is 12.3 Å². The number of carboxylic acid groups (broad SMARTS) is 1. The lowest BCUT2D eigenvalue weighted by Crippen LogP contribution is -2.24. The van der Waals surface area contributed by atoms with Crippen LogP contribution in [0.25, 0.3) is 11.5 Å². The molecule has 0 amide bonds. The molecule has 0 bridgehead atoms. The van der Waals surface area contributed by atoms with Gasteiger partial charge in [-0.1, -0.05) is 26.0 Å². The van der Waals surface area contributed by atoms with Gasteiger partial charge in [0.15, 0.2) is 0 Å². The molecule has 0 spiro atoms. The Morgan fingerprint density at radius 1 is 1.17 bits per heavy atom. The first-order chi connectivity index (χ1) is 17.0. The van der Waals surface area contributed by atoms with Crippen LogP contribution in [-0.4, -0.2) is 35.8 Å². The summed E-state index contributed by atoms with van der Waals surface area (Å²) in [5, 5.41) is 9.12. The van der Waals surface area contributed by atoms with E-state index >= 15 is 0 Å². The Kier molecular flexibility index (Phi) is 8.11. The number of fused-ring (bicyclic) bond motifs is 1. The third-order valence-corrected chi connectivity index (χ3v) is 6.68. The van der Waals surface area contributed by atoms with Gasteiger partial charge in [0.05, 0.1) is 18.7 Å². The van der Waals surface area contributed by atoms with Crippen LogP contribution < -0.4 is 9.64 Å². The molecule has 1 N–H and O–H groups in total. The van der Waals surface area contributed by atoms with Crippen molar-refractivity contribution in [3.63, 3.8) is 0 Å². The number of anilines is 1. The van der Waals surface area contributed by atoms with E-state index in [0.29, 0.717) is 18.9 Å². The van der Waals surface area contributed by atoms with Crippen LogP contribution in [0, 0.1) is 6.92 Å². The third-order valence-electron chi connectivity index (χ3n) is 6.68. The first-order valence-corrected chi connectivity index (χ1v) is 12.8. The summed E-state index contributed by atoms with van der Waals surface area (Å²) in [6.07, 6.45) is 4.87. The van der Waals surface area contributed by atoms with Gasteiger partial charge in [-0.2, -0.15) is 0 Å². The molecule has 1 heterocycles. The summed E-state index contributed by atoms with van der Waals surface area (Å²) >= 11 is 0. The number of carbonyl (C=O) groups is 1. The van der Waals surface area contributed by atoms with E-state index in [4.69, 9.17) is 19.2 Å². The van der Waals surface area contributed by atoms with Crippen LogP contribution in [0.15, 0.2) is 46.9 Å². The third kappa shape index (κ3) is 6.05. The van der Waals surface area contributed by atoms with Crippen molar-refractivity contribution in [2.75, 3.05) is 24.6 Å². The summed E-state index contributed by atoms with van der Waals surface area (Å²) in [5.41, 5.74) is 5.45. The molecule has 0 aliphatic heterocycles. The second kappa shape index (κ2) is 11.4. The number of aliphatic carboxylic acids is 1. The molecule has 1 aliphatic carbocycles. The summed E-state index contributed by atoms with van der Waals surface area (Å²) in [6, 6.07) is 14.5. The van der Waals surface area contributed by atoms with Gasteiger partial charge >= 0.3 is 5.97 Å². The summed E-state index contributed by atoms with van der Waals surface area (Å²) < 4.78 is 12.1. The minimum atomic E-state index is -0.739. The molecule has 1 aromatic heterocycles. The molecule has 6 heteroatoms. The Labute approximate surface area is 207 Å². The van der Waals surface area contributed by atoms with Crippen molar-refractivity contribution in [2.24, 2.45) is 0 Å². The molecular formula is C29H36N2O4. The summed E-state index contributed by atoms with van der Waals surface area (Å²) in [5.74, 6) is 1.66. The van der Waals surface area contributed by atoms with Gasteiger partial charge < -0.3 is 19.2 Å². The van der Waals surface area contributed by atoms with Crippen LogP contribution in [0.5, 0.6) is 5.75 Å². The maximum absolute atomic E-state index is 11.1. The largest absolute Gasteiger partial charge is 0.493 e. The van der Waals surface area contributed by atoms with Gasteiger partial charge in [0.2, 0.25) is 5.89 Å². The van der Waals surface area contributed by atoms with Crippen molar-refractivity contribution in [3.8, 4) is 17.2 Å². The molecule has 3 aromatic rings. The number of hydrogen-bond acceptors (Lipinski definition) is 5. The van der Waals surface area contributed by atoms with Crippen molar-refractivity contribution in [2.45, 2.75) is 65.2 Å². The SMILES string of the molecule is CCCN(CCC)c1cccc(-c2nc(CCOc3ccc4c(c3)CC[C@H]4CC(=O)O)c(C)o2)c1. The number of aromatic nitrogens is 1. The monoisotopic (exact) mass is 476 g/mol. The highest BCUT2D eigenvalue weighted by atomic mass is 16.5. The van der Waals surface area contributed by atoms with Gasteiger partial charge in [-0.3, -0.25) is 4.79 Å². The fourth-order valence-corrected chi connectivity index (χ4v) is 4.99. The molecule has 186 valence electrons. The number of ether oxygens (including phenoxy) is 1. The molecule has 0 unspecified atom stereocenters. The second-order valence-electron chi connectivity index (χ2n) is 9.35. The van der Waals surface area contributed by atoms with Gasteiger partial charge in [-0.05, 0) is 80.0 Å². The summed E-state index contributed by atoms with van der Waals surface area (Å²) in [6.45, 7) is 8.94. The number of oxazole rings is 1. The van der Waals surface area contributed by atoms with Crippen molar-refractivity contribution < 1.29 is 19.1 Å². The van der Waals surface area contributed by atoms with E-state index < -0.39 is 5.97 Å². The Hall–Kier alpha value is -3.28. The highest BCUT2D eigenvalue weighted by molar-refractivity contribution is 5.68. The zero-order valence-electron chi connectivity index (χ0n) is 21.0.